The number of rotatable bonds is 6. The van der Waals surface area contributed by atoms with E-state index in [1.807, 2.05) is 0 Å². The molecule has 1 saturated heterocycles. The van der Waals surface area contributed by atoms with Gasteiger partial charge in [-0.2, -0.15) is 0 Å². The zero-order valence-electron chi connectivity index (χ0n) is 13.6. The van der Waals surface area contributed by atoms with Crippen molar-refractivity contribution in [3.8, 4) is 0 Å². The van der Waals surface area contributed by atoms with Crippen LogP contribution in [0.2, 0.25) is 0 Å². The van der Waals surface area contributed by atoms with Crippen LogP contribution in [0.1, 0.15) is 64.2 Å². The summed E-state index contributed by atoms with van der Waals surface area (Å²) in [5, 5.41) is 3.09. The molecular weight excluding hydrogens is 264 g/mol. The summed E-state index contributed by atoms with van der Waals surface area (Å²) in [6.45, 7) is 2.57. The molecule has 0 spiro atoms. The van der Waals surface area contributed by atoms with Crippen LogP contribution in [0.15, 0.2) is 0 Å². The van der Waals surface area contributed by atoms with E-state index in [1.54, 1.807) is 0 Å². The first-order valence-electron chi connectivity index (χ1n) is 8.87. The first-order chi connectivity index (χ1) is 10.3. The minimum atomic E-state index is 0.0757. The van der Waals surface area contributed by atoms with Gasteiger partial charge in [0.25, 0.3) is 0 Å². The van der Waals surface area contributed by atoms with Gasteiger partial charge in [-0.15, -0.1) is 0 Å². The lowest BCUT2D eigenvalue weighted by Gasteiger charge is -2.25. The molecule has 4 heteroatoms. The van der Waals surface area contributed by atoms with Crippen LogP contribution in [-0.4, -0.2) is 49.7 Å². The van der Waals surface area contributed by atoms with E-state index >= 15 is 0 Å². The lowest BCUT2D eigenvalue weighted by Crippen LogP contribution is -2.45. The molecule has 1 N–H and O–H groups in total. The zero-order valence-corrected chi connectivity index (χ0v) is 13.6. The van der Waals surface area contributed by atoms with Crippen molar-refractivity contribution < 1.29 is 9.53 Å². The summed E-state index contributed by atoms with van der Waals surface area (Å²) in [5.74, 6) is 0.206. The zero-order chi connectivity index (χ0) is 14.9. The molecule has 0 unspecified atom stereocenters. The third-order valence-corrected chi connectivity index (χ3v) is 4.85. The average Bonchev–Trinajstić information content (AvgIpc) is 2.72. The molecule has 2 rings (SSSR count). The molecule has 4 nitrogen and oxygen atoms in total. The number of carbonyl (C=O) groups excluding carboxylic acids is 1. The molecule has 0 bridgehead atoms. The Balaban J connectivity index is 1.55. The van der Waals surface area contributed by atoms with Crippen molar-refractivity contribution in [2.75, 3.05) is 26.7 Å². The van der Waals surface area contributed by atoms with E-state index in [4.69, 9.17) is 4.74 Å². The molecular formula is C17H32N2O2. The van der Waals surface area contributed by atoms with Crippen molar-refractivity contribution in [2.45, 2.75) is 76.4 Å². The van der Waals surface area contributed by atoms with Crippen LogP contribution in [0.25, 0.3) is 0 Å². The highest BCUT2D eigenvalue weighted by Crippen LogP contribution is 2.20. The minimum Gasteiger partial charge on any atom is -0.378 e. The molecule has 0 aromatic heterocycles. The standard InChI is InChI=1S/C17H32N2O2/c1-19-13-7-3-6-11-16(19)17(20)18-12-8-14-21-15-9-4-2-5-10-15/h15-16H,2-14H2,1H3,(H,18,20)/t16-/m0/s1. The summed E-state index contributed by atoms with van der Waals surface area (Å²) in [5.41, 5.74) is 0. The highest BCUT2D eigenvalue weighted by Gasteiger charge is 2.24. The quantitative estimate of drug-likeness (QED) is 0.766. The number of nitrogens with zero attached hydrogens (tertiary/aromatic N) is 1. The minimum absolute atomic E-state index is 0.0757. The number of hydrogen-bond donors (Lipinski definition) is 1. The second-order valence-corrected chi connectivity index (χ2v) is 6.62. The Labute approximate surface area is 129 Å². The molecule has 1 atom stereocenters. The number of nitrogens with one attached hydrogen (secondary N) is 1. The van der Waals surface area contributed by atoms with Gasteiger partial charge in [0, 0.05) is 13.2 Å². The fourth-order valence-electron chi connectivity index (χ4n) is 3.47. The summed E-state index contributed by atoms with van der Waals surface area (Å²) in [6, 6.07) is 0.0757. The summed E-state index contributed by atoms with van der Waals surface area (Å²) in [7, 11) is 2.07. The van der Waals surface area contributed by atoms with Crippen LogP contribution in [0.5, 0.6) is 0 Å². The van der Waals surface area contributed by atoms with Gasteiger partial charge in [0.2, 0.25) is 5.91 Å². The van der Waals surface area contributed by atoms with Crippen LogP contribution < -0.4 is 5.32 Å². The van der Waals surface area contributed by atoms with Crippen LogP contribution in [-0.2, 0) is 9.53 Å². The average molecular weight is 296 g/mol. The van der Waals surface area contributed by atoms with E-state index in [0.717, 1.165) is 32.5 Å². The number of hydrogen-bond acceptors (Lipinski definition) is 3. The fourth-order valence-corrected chi connectivity index (χ4v) is 3.47. The van der Waals surface area contributed by atoms with Gasteiger partial charge in [0.1, 0.15) is 0 Å². The van der Waals surface area contributed by atoms with E-state index < -0.39 is 0 Å². The monoisotopic (exact) mass is 296 g/mol. The van der Waals surface area contributed by atoms with Crippen molar-refractivity contribution in [3.05, 3.63) is 0 Å². The van der Waals surface area contributed by atoms with E-state index in [1.165, 1.54) is 51.4 Å². The molecule has 122 valence electrons. The molecule has 1 amide bonds. The van der Waals surface area contributed by atoms with Gasteiger partial charge in [0.05, 0.1) is 12.1 Å². The third kappa shape index (κ3) is 5.95. The Morgan fingerprint density at radius 2 is 1.81 bits per heavy atom. The smallest absolute Gasteiger partial charge is 0.237 e. The van der Waals surface area contributed by atoms with E-state index in [9.17, 15) is 4.79 Å². The summed E-state index contributed by atoms with van der Waals surface area (Å²) < 4.78 is 5.89. The summed E-state index contributed by atoms with van der Waals surface area (Å²) in [6.07, 6.45) is 12.5. The second kappa shape index (κ2) is 9.42. The van der Waals surface area contributed by atoms with Crippen molar-refractivity contribution >= 4 is 5.91 Å². The maximum Gasteiger partial charge on any atom is 0.237 e. The van der Waals surface area contributed by atoms with E-state index in [0.29, 0.717) is 6.10 Å². The molecule has 2 fully saturated rings. The highest BCUT2D eigenvalue weighted by molar-refractivity contribution is 5.81. The van der Waals surface area contributed by atoms with Gasteiger partial charge < -0.3 is 10.1 Å². The predicted octanol–water partition coefficient (Wildman–Crippen LogP) is 2.72. The molecule has 1 aliphatic carbocycles. The lowest BCUT2D eigenvalue weighted by molar-refractivity contribution is -0.126. The van der Waals surface area contributed by atoms with Gasteiger partial charge in [-0.3, -0.25) is 9.69 Å². The number of ether oxygens (including phenoxy) is 1. The number of likely N-dealkylation sites (tertiary alicyclic amines) is 1. The Kier molecular flexibility index (Phi) is 7.51. The molecule has 0 aromatic rings. The number of amides is 1. The predicted molar refractivity (Wildman–Crippen MR) is 85.3 cm³/mol. The fraction of sp³-hybridized carbons (Fsp3) is 0.941. The van der Waals surface area contributed by atoms with Crippen molar-refractivity contribution in [1.82, 2.24) is 10.2 Å². The first kappa shape index (κ1) is 16.8. The molecule has 1 saturated carbocycles. The molecule has 0 aromatic carbocycles. The van der Waals surface area contributed by atoms with Crippen molar-refractivity contribution in [1.29, 1.82) is 0 Å². The van der Waals surface area contributed by atoms with Gasteiger partial charge in [0.15, 0.2) is 0 Å². The van der Waals surface area contributed by atoms with E-state index in [-0.39, 0.29) is 11.9 Å². The van der Waals surface area contributed by atoms with Gasteiger partial charge in [-0.1, -0.05) is 32.1 Å². The van der Waals surface area contributed by atoms with Crippen LogP contribution in [0, 0.1) is 0 Å². The Morgan fingerprint density at radius 1 is 1.10 bits per heavy atom. The summed E-state index contributed by atoms with van der Waals surface area (Å²) in [4.78, 5) is 14.4. The van der Waals surface area contributed by atoms with E-state index in [2.05, 4.69) is 17.3 Å². The van der Waals surface area contributed by atoms with Crippen LogP contribution >= 0.6 is 0 Å². The van der Waals surface area contributed by atoms with Gasteiger partial charge in [-0.25, -0.2) is 0 Å². The topological polar surface area (TPSA) is 41.6 Å². The van der Waals surface area contributed by atoms with Gasteiger partial charge in [-0.05, 0) is 45.7 Å². The molecule has 21 heavy (non-hydrogen) atoms. The Bertz CT molecular complexity index is 303. The maximum atomic E-state index is 12.2. The van der Waals surface area contributed by atoms with Gasteiger partial charge >= 0.3 is 0 Å². The molecule has 2 aliphatic rings. The number of carbonyl (C=O) groups is 1. The highest BCUT2D eigenvalue weighted by atomic mass is 16.5. The second-order valence-electron chi connectivity index (χ2n) is 6.62. The van der Waals surface area contributed by atoms with Crippen LogP contribution in [0.3, 0.4) is 0 Å². The molecule has 0 radical (unpaired) electrons. The third-order valence-electron chi connectivity index (χ3n) is 4.85. The lowest BCUT2D eigenvalue weighted by atomic mass is 9.98. The Hall–Kier alpha value is -0.610. The summed E-state index contributed by atoms with van der Waals surface area (Å²) >= 11 is 0. The van der Waals surface area contributed by atoms with Crippen molar-refractivity contribution in [2.24, 2.45) is 0 Å². The molecule has 1 aliphatic heterocycles. The van der Waals surface area contributed by atoms with Crippen molar-refractivity contribution in [3.63, 3.8) is 0 Å². The maximum absolute atomic E-state index is 12.2. The Morgan fingerprint density at radius 3 is 2.62 bits per heavy atom. The van der Waals surface area contributed by atoms with Crippen LogP contribution in [0.4, 0.5) is 0 Å². The largest absolute Gasteiger partial charge is 0.378 e. The first-order valence-corrected chi connectivity index (χ1v) is 8.87. The number of likely N-dealkylation sites (N-methyl/N-ethyl adjacent to an activating group) is 1. The molecule has 1 heterocycles. The SMILES string of the molecule is CN1CCCCC[C@H]1C(=O)NCCCOC1CCCCC1. The normalized spacial score (nSPS) is 25.5.